The van der Waals surface area contributed by atoms with Gasteiger partial charge in [-0.1, -0.05) is 20.8 Å². The fourth-order valence-corrected chi connectivity index (χ4v) is 3.65. The lowest BCUT2D eigenvalue weighted by Crippen LogP contribution is -2.45. The molecule has 0 aliphatic carbocycles. The van der Waals surface area contributed by atoms with E-state index < -0.39 is 32.0 Å². The number of benzene rings is 1. The zero-order valence-corrected chi connectivity index (χ0v) is 20.5. The average Bonchev–Trinajstić information content (AvgIpc) is 2.45. The summed E-state index contributed by atoms with van der Waals surface area (Å²) in [6, 6.07) is 2.83. The molecular formula is C22H37NO5Si. The molecule has 0 heterocycles. The molecule has 7 heteroatoms. The summed E-state index contributed by atoms with van der Waals surface area (Å²) in [5.41, 5.74) is 2.07. The van der Waals surface area contributed by atoms with Crippen LogP contribution in [0, 0.1) is 13.8 Å². The minimum atomic E-state index is -1.97. The number of hydrogen-bond donors (Lipinski definition) is 2. The SMILES string of the molecule is Cc1cc(O[Si](C)(C)C(C)(C)C)cc(C)c1C[C@H](NC(=O)OC(C)(C)C)C(=O)O. The highest BCUT2D eigenvalue weighted by Gasteiger charge is 2.39. The molecule has 6 nitrogen and oxygen atoms in total. The van der Waals surface area contributed by atoms with Crippen LogP contribution in [-0.4, -0.2) is 37.1 Å². The highest BCUT2D eigenvalue weighted by molar-refractivity contribution is 6.74. The number of aryl methyl sites for hydroxylation is 2. The van der Waals surface area contributed by atoms with Crippen LogP contribution in [0.4, 0.5) is 4.79 Å². The van der Waals surface area contributed by atoms with Crippen LogP contribution in [0.15, 0.2) is 12.1 Å². The lowest BCUT2D eigenvalue weighted by Gasteiger charge is -2.36. The number of carbonyl (C=O) groups is 2. The maximum absolute atomic E-state index is 12.0. The minimum absolute atomic E-state index is 0.0826. The van der Waals surface area contributed by atoms with Crippen LogP contribution in [0.3, 0.4) is 0 Å². The van der Waals surface area contributed by atoms with Gasteiger partial charge in [-0.3, -0.25) is 0 Å². The van der Waals surface area contributed by atoms with Crippen molar-refractivity contribution in [1.29, 1.82) is 0 Å². The molecule has 164 valence electrons. The largest absolute Gasteiger partial charge is 0.543 e. The number of ether oxygens (including phenoxy) is 1. The summed E-state index contributed by atoms with van der Waals surface area (Å²) in [5.74, 6) is -0.293. The number of nitrogens with one attached hydrogen (secondary N) is 1. The predicted octanol–water partition coefficient (Wildman–Crippen LogP) is 5.21. The first-order valence-electron chi connectivity index (χ1n) is 9.94. The maximum Gasteiger partial charge on any atom is 0.408 e. The summed E-state index contributed by atoms with van der Waals surface area (Å²) >= 11 is 0. The monoisotopic (exact) mass is 423 g/mol. The van der Waals surface area contributed by atoms with Crippen LogP contribution in [0.5, 0.6) is 5.75 Å². The second-order valence-corrected chi connectivity index (χ2v) is 14.9. The summed E-state index contributed by atoms with van der Waals surface area (Å²) in [5, 5.41) is 12.1. The Hall–Kier alpha value is -2.02. The van der Waals surface area contributed by atoms with E-state index in [0.717, 1.165) is 22.4 Å². The van der Waals surface area contributed by atoms with Gasteiger partial charge >= 0.3 is 12.1 Å². The molecule has 2 N–H and O–H groups in total. The highest BCUT2D eigenvalue weighted by atomic mass is 28.4. The second kappa shape index (κ2) is 8.77. The Morgan fingerprint density at radius 1 is 1.07 bits per heavy atom. The van der Waals surface area contributed by atoms with Crippen molar-refractivity contribution in [3.8, 4) is 5.75 Å². The molecule has 0 spiro atoms. The molecule has 29 heavy (non-hydrogen) atoms. The summed E-state index contributed by atoms with van der Waals surface area (Å²) in [4.78, 5) is 23.7. The summed E-state index contributed by atoms with van der Waals surface area (Å²) in [7, 11) is -1.97. The van der Waals surface area contributed by atoms with Crippen molar-refractivity contribution in [3.05, 3.63) is 28.8 Å². The number of hydrogen-bond acceptors (Lipinski definition) is 4. The number of carbonyl (C=O) groups excluding carboxylic acids is 1. The fraction of sp³-hybridized carbons (Fsp3) is 0.636. The van der Waals surface area contributed by atoms with Crippen molar-refractivity contribution in [2.75, 3.05) is 0 Å². The normalized spacial score (nSPS) is 13.6. The van der Waals surface area contributed by atoms with Gasteiger partial charge in [0.15, 0.2) is 0 Å². The van der Waals surface area contributed by atoms with Gasteiger partial charge in [0.25, 0.3) is 0 Å². The smallest absolute Gasteiger partial charge is 0.408 e. The van der Waals surface area contributed by atoms with Gasteiger partial charge in [-0.05, 0) is 81.6 Å². The topological polar surface area (TPSA) is 84.9 Å². The van der Waals surface area contributed by atoms with E-state index in [1.165, 1.54) is 0 Å². The van der Waals surface area contributed by atoms with Crippen molar-refractivity contribution in [2.24, 2.45) is 0 Å². The molecule has 1 atom stereocenters. The molecule has 1 aromatic rings. The van der Waals surface area contributed by atoms with Crippen LogP contribution in [0.2, 0.25) is 18.1 Å². The Labute approximate surface area is 176 Å². The van der Waals surface area contributed by atoms with Crippen LogP contribution < -0.4 is 9.74 Å². The van der Waals surface area contributed by atoms with Crippen LogP contribution in [-0.2, 0) is 16.0 Å². The second-order valence-electron chi connectivity index (χ2n) is 10.1. The molecule has 0 saturated heterocycles. The van der Waals surface area contributed by atoms with Crippen molar-refractivity contribution < 1.29 is 23.9 Å². The third-order valence-corrected chi connectivity index (χ3v) is 9.60. The van der Waals surface area contributed by atoms with Gasteiger partial charge in [-0.2, -0.15) is 0 Å². The summed E-state index contributed by atoms with van der Waals surface area (Å²) in [6.45, 7) is 20.0. The van der Waals surface area contributed by atoms with Gasteiger partial charge in [-0.15, -0.1) is 0 Å². The van der Waals surface area contributed by atoms with Gasteiger partial charge in [0.1, 0.15) is 17.4 Å². The van der Waals surface area contributed by atoms with E-state index in [-0.39, 0.29) is 11.5 Å². The van der Waals surface area contributed by atoms with E-state index >= 15 is 0 Å². The first kappa shape index (κ1) is 25.0. The molecule has 0 radical (unpaired) electrons. The maximum atomic E-state index is 12.0. The molecular weight excluding hydrogens is 386 g/mol. The number of carboxylic acid groups (broad SMARTS) is 1. The zero-order valence-electron chi connectivity index (χ0n) is 19.5. The van der Waals surface area contributed by atoms with E-state index in [9.17, 15) is 14.7 Å². The molecule has 0 saturated carbocycles. The number of carboxylic acids is 1. The lowest BCUT2D eigenvalue weighted by atomic mass is 9.96. The van der Waals surface area contributed by atoms with Gasteiger partial charge < -0.3 is 19.6 Å². The van der Waals surface area contributed by atoms with E-state index in [4.69, 9.17) is 9.16 Å². The van der Waals surface area contributed by atoms with E-state index in [2.05, 4.69) is 39.2 Å². The number of alkyl carbamates (subject to hydrolysis) is 1. The first-order valence-corrected chi connectivity index (χ1v) is 12.9. The molecule has 0 unspecified atom stereocenters. The van der Waals surface area contributed by atoms with Crippen LogP contribution in [0.25, 0.3) is 0 Å². The Balaban J connectivity index is 3.06. The van der Waals surface area contributed by atoms with Crippen molar-refractivity contribution in [1.82, 2.24) is 5.32 Å². The molecule has 1 amide bonds. The van der Waals surface area contributed by atoms with Crippen LogP contribution in [0.1, 0.15) is 58.2 Å². The predicted molar refractivity (Wildman–Crippen MR) is 118 cm³/mol. The Morgan fingerprint density at radius 2 is 1.55 bits per heavy atom. The highest BCUT2D eigenvalue weighted by Crippen LogP contribution is 2.38. The standard InChI is InChI=1S/C22H37NO5Si/c1-14-11-16(28-29(9,10)22(6,7)8)12-15(2)17(14)13-18(19(24)25)23-20(26)27-21(3,4)5/h11-12,18H,13H2,1-10H3,(H,23,26)(H,24,25)/t18-/m0/s1. The van der Waals surface area contributed by atoms with Gasteiger partial charge in [-0.25, -0.2) is 9.59 Å². The molecule has 1 rings (SSSR count). The molecule has 0 fully saturated rings. The molecule has 0 aromatic heterocycles. The van der Waals surface area contributed by atoms with Gasteiger partial charge in [0, 0.05) is 6.42 Å². The molecule has 0 aliphatic heterocycles. The average molecular weight is 424 g/mol. The van der Waals surface area contributed by atoms with E-state index in [1.54, 1.807) is 20.8 Å². The summed E-state index contributed by atoms with van der Waals surface area (Å²) in [6.07, 6.45) is -0.565. The number of amides is 1. The molecule has 0 bridgehead atoms. The first-order chi connectivity index (χ1) is 12.9. The third-order valence-electron chi connectivity index (χ3n) is 5.25. The fourth-order valence-electron chi connectivity index (χ4n) is 2.64. The van der Waals surface area contributed by atoms with E-state index in [0.29, 0.717) is 0 Å². The van der Waals surface area contributed by atoms with Gasteiger partial charge in [0.05, 0.1) is 0 Å². The Bertz CT molecular complexity index is 736. The van der Waals surface area contributed by atoms with Gasteiger partial charge in [0.2, 0.25) is 8.32 Å². The molecule has 0 aliphatic rings. The molecule has 1 aromatic carbocycles. The minimum Gasteiger partial charge on any atom is -0.543 e. The van der Waals surface area contributed by atoms with Crippen molar-refractivity contribution in [3.63, 3.8) is 0 Å². The Kier molecular flexibility index (Phi) is 7.57. The zero-order chi connectivity index (χ0) is 22.8. The van der Waals surface area contributed by atoms with Crippen LogP contribution >= 0.6 is 0 Å². The number of rotatable bonds is 6. The Morgan fingerprint density at radius 3 is 1.93 bits per heavy atom. The third kappa shape index (κ3) is 7.38. The quantitative estimate of drug-likeness (QED) is 0.614. The number of aliphatic carboxylic acids is 1. The summed E-state index contributed by atoms with van der Waals surface area (Å²) < 4.78 is 11.6. The van der Waals surface area contributed by atoms with Crippen molar-refractivity contribution in [2.45, 2.75) is 91.6 Å². The lowest BCUT2D eigenvalue weighted by molar-refractivity contribution is -0.139. The van der Waals surface area contributed by atoms with E-state index in [1.807, 2.05) is 26.0 Å². The van der Waals surface area contributed by atoms with Crippen molar-refractivity contribution >= 4 is 20.4 Å².